The molecule has 2 amide bonds. The Morgan fingerprint density at radius 2 is 1.56 bits per heavy atom. The molecule has 1 atom stereocenters. The van der Waals surface area contributed by atoms with Crippen LogP contribution in [0.15, 0.2) is 76.1 Å². The third-order valence-corrected chi connectivity index (χ3v) is 8.58. The number of hydrogen-bond donors (Lipinski definition) is 4. The average molecular weight is 605 g/mol. The number of anilines is 2. The number of sulfonamides is 1. The molecule has 0 saturated heterocycles. The van der Waals surface area contributed by atoms with Crippen molar-refractivity contribution in [2.24, 2.45) is 0 Å². The molecule has 4 aromatic rings. The van der Waals surface area contributed by atoms with E-state index in [2.05, 4.69) is 20.5 Å². The quantitative estimate of drug-likeness (QED) is 0.178. The van der Waals surface area contributed by atoms with Gasteiger partial charge in [0.2, 0.25) is 10.0 Å². The number of hydrogen-bond acceptors (Lipinski definition) is 6. The number of benzene rings is 3. The number of nitrogens with zero attached hydrogens (tertiary/aromatic N) is 1. The number of aromatic nitrogens is 1. The zero-order valence-electron chi connectivity index (χ0n) is 25.0. The fraction of sp³-hybridized carbons (Fsp3) is 0.281. The number of carbonyl (C=O) groups is 2. The third kappa shape index (κ3) is 7.88. The minimum absolute atomic E-state index is 0.0421. The first-order valence-electron chi connectivity index (χ1n) is 13.7. The Kier molecular flexibility index (Phi) is 9.07. The normalized spacial score (nSPS) is 12.5. The maximum absolute atomic E-state index is 13.2. The van der Waals surface area contributed by atoms with Gasteiger partial charge in [-0.15, -0.1) is 0 Å². The number of aryl methyl sites for hydroxylation is 3. The van der Waals surface area contributed by atoms with Gasteiger partial charge in [0.1, 0.15) is 11.8 Å². The molecule has 226 valence electrons. The summed E-state index contributed by atoms with van der Waals surface area (Å²) in [5.41, 5.74) is 4.65. The van der Waals surface area contributed by atoms with E-state index in [9.17, 15) is 23.1 Å². The SMILES string of the molecule is Cc1cc(C)c(S(=O)(=O)NC(Cc2ccc(-c3cccc(NC(=O)Nc4cc(C(C)(C)C)on4)c3)cc2)C(=O)O)c(C)c1. The van der Waals surface area contributed by atoms with Gasteiger partial charge in [-0.2, -0.15) is 4.72 Å². The van der Waals surface area contributed by atoms with Crippen molar-refractivity contribution in [3.63, 3.8) is 0 Å². The van der Waals surface area contributed by atoms with Gasteiger partial charge in [-0.05, 0) is 67.1 Å². The molecule has 11 heteroatoms. The lowest BCUT2D eigenvalue weighted by Crippen LogP contribution is -2.42. The molecule has 4 N–H and O–H groups in total. The molecule has 0 aliphatic rings. The van der Waals surface area contributed by atoms with Crippen LogP contribution in [0.2, 0.25) is 0 Å². The van der Waals surface area contributed by atoms with Gasteiger partial charge in [-0.1, -0.05) is 80.0 Å². The molecule has 1 aromatic heterocycles. The first-order chi connectivity index (χ1) is 20.1. The molecular formula is C32H36N4O6S. The standard InChI is InChI=1S/C32H36N4O6S/c1-19-14-20(2)29(21(3)15-19)43(40,41)36-26(30(37)38)16-22-10-12-23(13-11-22)24-8-7-9-25(17-24)33-31(39)34-28-18-27(42-35-28)32(4,5)6/h7-15,17-18,26,36H,16H2,1-6H3,(H,37,38)(H2,33,34,35,39). The molecule has 0 saturated carbocycles. The lowest BCUT2D eigenvalue weighted by molar-refractivity contribution is -0.138. The summed E-state index contributed by atoms with van der Waals surface area (Å²) in [5, 5.41) is 19.2. The van der Waals surface area contributed by atoms with Crippen LogP contribution in [0.4, 0.5) is 16.3 Å². The Balaban J connectivity index is 1.43. The zero-order chi connectivity index (χ0) is 31.5. The summed E-state index contributed by atoms with van der Waals surface area (Å²) in [7, 11) is -4.07. The largest absolute Gasteiger partial charge is 0.480 e. The number of carboxylic acids is 1. The first-order valence-corrected chi connectivity index (χ1v) is 15.2. The summed E-state index contributed by atoms with van der Waals surface area (Å²) in [6.07, 6.45) is -0.0421. The highest BCUT2D eigenvalue weighted by molar-refractivity contribution is 7.89. The number of amides is 2. The van der Waals surface area contributed by atoms with E-state index >= 15 is 0 Å². The van der Waals surface area contributed by atoms with Gasteiger partial charge >= 0.3 is 12.0 Å². The molecule has 0 aliphatic carbocycles. The molecule has 43 heavy (non-hydrogen) atoms. The maximum Gasteiger partial charge on any atom is 0.324 e. The summed E-state index contributed by atoms with van der Waals surface area (Å²) in [6.45, 7) is 11.2. The summed E-state index contributed by atoms with van der Waals surface area (Å²) in [5.74, 6) is -0.315. The van der Waals surface area contributed by atoms with Crippen molar-refractivity contribution >= 4 is 33.5 Å². The number of carbonyl (C=O) groups excluding carboxylic acids is 1. The number of urea groups is 1. The number of aliphatic carboxylic acids is 1. The highest BCUT2D eigenvalue weighted by Gasteiger charge is 2.28. The Morgan fingerprint density at radius 3 is 2.14 bits per heavy atom. The van der Waals surface area contributed by atoms with Crippen LogP contribution in [0.25, 0.3) is 11.1 Å². The van der Waals surface area contributed by atoms with Gasteiger partial charge in [0.05, 0.1) is 4.90 Å². The van der Waals surface area contributed by atoms with E-state index in [1.807, 2.05) is 45.9 Å². The molecule has 4 rings (SSSR count). The molecule has 3 aromatic carbocycles. The molecule has 0 spiro atoms. The highest BCUT2D eigenvalue weighted by Crippen LogP contribution is 2.26. The van der Waals surface area contributed by atoms with E-state index in [0.717, 1.165) is 16.7 Å². The summed E-state index contributed by atoms with van der Waals surface area (Å²) < 4.78 is 34.0. The number of rotatable bonds is 9. The summed E-state index contributed by atoms with van der Waals surface area (Å²) in [6, 6.07) is 17.8. The van der Waals surface area contributed by atoms with Crippen LogP contribution < -0.4 is 15.4 Å². The molecule has 1 unspecified atom stereocenters. The lowest BCUT2D eigenvalue weighted by atomic mass is 9.93. The molecule has 0 fully saturated rings. The van der Waals surface area contributed by atoms with Gasteiger partial charge in [0.25, 0.3) is 0 Å². The summed E-state index contributed by atoms with van der Waals surface area (Å²) in [4.78, 5) is 24.7. The fourth-order valence-electron chi connectivity index (χ4n) is 4.83. The highest BCUT2D eigenvalue weighted by atomic mass is 32.2. The second kappa shape index (κ2) is 12.4. The van der Waals surface area contributed by atoms with Crippen LogP contribution in [0.5, 0.6) is 0 Å². The van der Waals surface area contributed by atoms with Crippen LogP contribution in [-0.2, 0) is 26.7 Å². The van der Waals surface area contributed by atoms with Gasteiger partial charge in [0, 0.05) is 17.2 Å². The van der Waals surface area contributed by atoms with E-state index < -0.39 is 28.1 Å². The van der Waals surface area contributed by atoms with Crippen molar-refractivity contribution in [3.8, 4) is 11.1 Å². The lowest BCUT2D eigenvalue weighted by Gasteiger charge is -2.18. The van der Waals surface area contributed by atoms with Crippen LogP contribution in [-0.4, -0.2) is 36.7 Å². The minimum atomic E-state index is -4.07. The van der Waals surface area contributed by atoms with Gasteiger partial charge < -0.3 is 14.9 Å². The minimum Gasteiger partial charge on any atom is -0.480 e. The maximum atomic E-state index is 13.2. The van der Waals surface area contributed by atoms with E-state index in [4.69, 9.17) is 4.52 Å². The molecule has 10 nitrogen and oxygen atoms in total. The Labute approximate surface area is 251 Å². The Morgan fingerprint density at radius 1 is 0.907 bits per heavy atom. The van der Waals surface area contributed by atoms with Crippen molar-refractivity contribution in [2.75, 3.05) is 10.6 Å². The Bertz CT molecular complexity index is 1730. The second-order valence-corrected chi connectivity index (χ2v) is 13.3. The molecule has 0 aliphatic heterocycles. The average Bonchev–Trinajstić information content (AvgIpc) is 3.37. The molecule has 1 heterocycles. The van der Waals surface area contributed by atoms with Gasteiger partial charge in [-0.3, -0.25) is 10.1 Å². The predicted octanol–water partition coefficient (Wildman–Crippen LogP) is 6.18. The molecule has 0 bridgehead atoms. The topological polar surface area (TPSA) is 151 Å². The van der Waals surface area contributed by atoms with Gasteiger partial charge in [0.15, 0.2) is 5.82 Å². The van der Waals surface area contributed by atoms with Crippen molar-refractivity contribution in [1.82, 2.24) is 9.88 Å². The first kappa shape index (κ1) is 31.5. The molecule has 0 radical (unpaired) electrons. The van der Waals surface area contributed by atoms with E-state index in [-0.39, 0.29) is 16.7 Å². The second-order valence-electron chi connectivity index (χ2n) is 11.6. The third-order valence-electron chi connectivity index (χ3n) is 6.81. The van der Waals surface area contributed by atoms with E-state index in [1.165, 1.54) is 0 Å². The number of carboxylic acid groups (broad SMARTS) is 1. The summed E-state index contributed by atoms with van der Waals surface area (Å²) >= 11 is 0. The zero-order valence-corrected chi connectivity index (χ0v) is 25.8. The smallest absolute Gasteiger partial charge is 0.324 e. The predicted molar refractivity (Wildman–Crippen MR) is 166 cm³/mol. The van der Waals surface area contributed by atoms with E-state index in [0.29, 0.717) is 34.0 Å². The van der Waals surface area contributed by atoms with Crippen LogP contribution >= 0.6 is 0 Å². The Hall–Kier alpha value is -4.48. The van der Waals surface area contributed by atoms with Crippen molar-refractivity contribution < 1.29 is 27.6 Å². The van der Waals surface area contributed by atoms with Gasteiger partial charge in [-0.25, -0.2) is 13.2 Å². The van der Waals surface area contributed by atoms with E-state index in [1.54, 1.807) is 62.4 Å². The molecular weight excluding hydrogens is 568 g/mol. The fourth-order valence-corrected chi connectivity index (χ4v) is 6.47. The van der Waals surface area contributed by atoms with Crippen molar-refractivity contribution in [1.29, 1.82) is 0 Å². The number of nitrogens with one attached hydrogen (secondary N) is 3. The van der Waals surface area contributed by atoms with Crippen LogP contribution in [0, 0.1) is 20.8 Å². The van der Waals surface area contributed by atoms with Crippen molar-refractivity contribution in [2.45, 2.75) is 64.3 Å². The van der Waals surface area contributed by atoms with Crippen LogP contribution in [0.3, 0.4) is 0 Å². The monoisotopic (exact) mass is 604 g/mol. The van der Waals surface area contributed by atoms with Crippen molar-refractivity contribution in [3.05, 3.63) is 94.7 Å². The van der Waals surface area contributed by atoms with Crippen LogP contribution in [0.1, 0.15) is 48.8 Å².